The molecule has 0 saturated carbocycles. The van der Waals surface area contributed by atoms with Gasteiger partial charge in [0.1, 0.15) is 6.61 Å². The lowest BCUT2D eigenvalue weighted by molar-refractivity contribution is 0.0696. The molecular formula is C12H13NO4S. The van der Waals surface area contributed by atoms with Crippen molar-refractivity contribution in [2.45, 2.75) is 4.90 Å². The highest BCUT2D eigenvalue weighted by Gasteiger charge is 2.10. The first kappa shape index (κ1) is 14.1. The first-order chi connectivity index (χ1) is 8.58. The summed E-state index contributed by atoms with van der Waals surface area (Å²) in [6.07, 6.45) is 2.65. The van der Waals surface area contributed by atoms with Crippen LogP contribution in [-0.4, -0.2) is 30.0 Å². The van der Waals surface area contributed by atoms with Crippen LogP contribution in [0.15, 0.2) is 35.7 Å². The number of thioether (sulfide) groups is 1. The van der Waals surface area contributed by atoms with Crippen LogP contribution in [0.25, 0.3) is 0 Å². The summed E-state index contributed by atoms with van der Waals surface area (Å²) < 4.78 is 4.78. The second kappa shape index (κ2) is 6.70. The minimum Gasteiger partial charge on any atom is -0.478 e. The van der Waals surface area contributed by atoms with Gasteiger partial charge in [-0.05, 0) is 24.5 Å². The van der Waals surface area contributed by atoms with Crippen molar-refractivity contribution >= 4 is 29.5 Å². The molecule has 0 radical (unpaired) electrons. The zero-order chi connectivity index (χ0) is 13.5. The Labute approximate surface area is 109 Å². The van der Waals surface area contributed by atoms with Crippen LogP contribution in [-0.2, 0) is 4.74 Å². The van der Waals surface area contributed by atoms with Crippen LogP contribution in [0.5, 0.6) is 0 Å². The second-order valence-electron chi connectivity index (χ2n) is 3.23. The molecule has 0 saturated heterocycles. The molecular weight excluding hydrogens is 254 g/mol. The molecule has 1 aromatic rings. The third-order valence-electron chi connectivity index (χ3n) is 2.02. The fraction of sp³-hybridized carbons (Fsp3) is 0.167. The lowest BCUT2D eigenvalue weighted by Gasteiger charge is -2.10. The number of carboxylic acid groups (broad SMARTS) is 1. The zero-order valence-electron chi connectivity index (χ0n) is 9.80. The standard InChI is InChI=1S/C12H13NO4S/c1-3-6-17-12(16)13-9-5-4-8(11(14)15)7-10(9)18-2/h3-5,7H,1,6H2,2H3,(H,13,16)(H,14,15). The number of hydrogen-bond acceptors (Lipinski definition) is 4. The molecule has 0 bridgehead atoms. The van der Waals surface area contributed by atoms with Crippen LogP contribution in [0.2, 0.25) is 0 Å². The largest absolute Gasteiger partial charge is 0.478 e. The molecule has 18 heavy (non-hydrogen) atoms. The number of amides is 1. The van der Waals surface area contributed by atoms with Crippen molar-refractivity contribution in [2.75, 3.05) is 18.2 Å². The summed E-state index contributed by atoms with van der Waals surface area (Å²) in [6, 6.07) is 4.45. The van der Waals surface area contributed by atoms with Crippen molar-refractivity contribution in [3.63, 3.8) is 0 Å². The van der Waals surface area contributed by atoms with Gasteiger partial charge in [-0.3, -0.25) is 5.32 Å². The van der Waals surface area contributed by atoms with E-state index in [-0.39, 0.29) is 12.2 Å². The lowest BCUT2D eigenvalue weighted by atomic mass is 10.2. The highest BCUT2D eigenvalue weighted by Crippen LogP contribution is 2.26. The van der Waals surface area contributed by atoms with Gasteiger partial charge in [0.25, 0.3) is 0 Å². The maximum absolute atomic E-state index is 11.4. The third-order valence-corrected chi connectivity index (χ3v) is 2.80. The number of hydrogen-bond donors (Lipinski definition) is 2. The Hall–Kier alpha value is -1.95. The van der Waals surface area contributed by atoms with E-state index in [2.05, 4.69) is 11.9 Å². The van der Waals surface area contributed by atoms with Crippen LogP contribution in [0.4, 0.5) is 10.5 Å². The van der Waals surface area contributed by atoms with Crippen molar-refractivity contribution in [1.29, 1.82) is 0 Å². The van der Waals surface area contributed by atoms with Gasteiger partial charge in [0, 0.05) is 4.90 Å². The summed E-state index contributed by atoms with van der Waals surface area (Å²) in [4.78, 5) is 22.8. The van der Waals surface area contributed by atoms with Crippen molar-refractivity contribution < 1.29 is 19.4 Å². The molecule has 0 aliphatic rings. The van der Waals surface area contributed by atoms with Gasteiger partial charge in [0.05, 0.1) is 11.3 Å². The maximum atomic E-state index is 11.4. The Morgan fingerprint density at radius 2 is 2.28 bits per heavy atom. The first-order valence-electron chi connectivity index (χ1n) is 5.04. The van der Waals surface area contributed by atoms with E-state index in [1.807, 2.05) is 0 Å². The molecule has 0 unspecified atom stereocenters. The molecule has 1 amide bonds. The minimum atomic E-state index is -1.01. The number of nitrogens with one attached hydrogen (secondary N) is 1. The van der Waals surface area contributed by atoms with E-state index in [0.29, 0.717) is 10.6 Å². The summed E-state index contributed by atoms with van der Waals surface area (Å²) >= 11 is 1.34. The Kier molecular flexibility index (Phi) is 5.26. The first-order valence-corrected chi connectivity index (χ1v) is 6.27. The van der Waals surface area contributed by atoms with Crippen molar-refractivity contribution in [2.24, 2.45) is 0 Å². The van der Waals surface area contributed by atoms with Gasteiger partial charge in [-0.15, -0.1) is 11.8 Å². The summed E-state index contributed by atoms with van der Waals surface area (Å²) in [6.45, 7) is 3.55. The van der Waals surface area contributed by atoms with E-state index in [1.165, 1.54) is 36.0 Å². The highest BCUT2D eigenvalue weighted by atomic mass is 32.2. The van der Waals surface area contributed by atoms with E-state index in [9.17, 15) is 9.59 Å². The fourth-order valence-electron chi connectivity index (χ4n) is 1.21. The third kappa shape index (κ3) is 3.81. The zero-order valence-corrected chi connectivity index (χ0v) is 10.6. The molecule has 0 spiro atoms. The summed E-state index contributed by atoms with van der Waals surface area (Å²) in [5, 5.41) is 11.4. The van der Waals surface area contributed by atoms with Crippen LogP contribution in [0.3, 0.4) is 0 Å². The van der Waals surface area contributed by atoms with Crippen LogP contribution >= 0.6 is 11.8 Å². The highest BCUT2D eigenvalue weighted by molar-refractivity contribution is 7.98. The van der Waals surface area contributed by atoms with Crippen molar-refractivity contribution in [3.05, 3.63) is 36.4 Å². The lowest BCUT2D eigenvalue weighted by Crippen LogP contribution is -2.14. The van der Waals surface area contributed by atoms with Gasteiger partial charge >= 0.3 is 12.1 Å². The van der Waals surface area contributed by atoms with Gasteiger partial charge < -0.3 is 9.84 Å². The van der Waals surface area contributed by atoms with Crippen LogP contribution in [0, 0.1) is 0 Å². The SMILES string of the molecule is C=CCOC(=O)Nc1ccc(C(=O)O)cc1SC. The number of carboxylic acids is 1. The molecule has 6 heteroatoms. The Bertz CT molecular complexity index is 473. The topological polar surface area (TPSA) is 75.6 Å². The molecule has 2 N–H and O–H groups in total. The quantitative estimate of drug-likeness (QED) is 0.633. The summed E-state index contributed by atoms with van der Waals surface area (Å²) in [5.41, 5.74) is 0.686. The number of anilines is 1. The van der Waals surface area contributed by atoms with Gasteiger partial charge in [0.15, 0.2) is 0 Å². The number of carbonyl (C=O) groups excluding carboxylic acids is 1. The van der Waals surface area contributed by atoms with E-state index >= 15 is 0 Å². The molecule has 0 aliphatic carbocycles. The van der Waals surface area contributed by atoms with E-state index in [4.69, 9.17) is 9.84 Å². The number of rotatable bonds is 5. The predicted molar refractivity (Wildman–Crippen MR) is 70.4 cm³/mol. The molecule has 0 aromatic heterocycles. The fourth-order valence-corrected chi connectivity index (χ4v) is 1.79. The van der Waals surface area contributed by atoms with Crippen LogP contribution < -0.4 is 5.32 Å². The predicted octanol–water partition coefficient (Wildman–Crippen LogP) is 2.84. The number of ether oxygens (including phenoxy) is 1. The summed E-state index contributed by atoms with van der Waals surface area (Å²) in [7, 11) is 0. The summed E-state index contributed by atoms with van der Waals surface area (Å²) in [5.74, 6) is -1.01. The normalized spacial score (nSPS) is 9.61. The van der Waals surface area contributed by atoms with Gasteiger partial charge in [-0.2, -0.15) is 0 Å². The molecule has 0 atom stereocenters. The van der Waals surface area contributed by atoms with Gasteiger partial charge in [0.2, 0.25) is 0 Å². The average Bonchev–Trinajstić information content (AvgIpc) is 2.36. The Morgan fingerprint density at radius 1 is 1.56 bits per heavy atom. The number of benzene rings is 1. The van der Waals surface area contributed by atoms with Crippen molar-refractivity contribution in [3.8, 4) is 0 Å². The Balaban J connectivity index is 2.85. The molecule has 5 nitrogen and oxygen atoms in total. The van der Waals surface area contributed by atoms with E-state index in [0.717, 1.165) is 0 Å². The molecule has 1 aromatic carbocycles. The van der Waals surface area contributed by atoms with Gasteiger partial charge in [-0.1, -0.05) is 12.7 Å². The second-order valence-corrected chi connectivity index (χ2v) is 4.08. The van der Waals surface area contributed by atoms with Crippen LogP contribution in [0.1, 0.15) is 10.4 Å². The maximum Gasteiger partial charge on any atom is 0.411 e. The number of carbonyl (C=O) groups is 2. The molecule has 0 heterocycles. The van der Waals surface area contributed by atoms with E-state index in [1.54, 1.807) is 6.26 Å². The van der Waals surface area contributed by atoms with E-state index < -0.39 is 12.1 Å². The Morgan fingerprint density at radius 3 is 2.83 bits per heavy atom. The number of aromatic carboxylic acids is 1. The van der Waals surface area contributed by atoms with Gasteiger partial charge in [-0.25, -0.2) is 9.59 Å². The minimum absolute atomic E-state index is 0.119. The molecule has 96 valence electrons. The average molecular weight is 267 g/mol. The molecule has 1 rings (SSSR count). The smallest absolute Gasteiger partial charge is 0.411 e. The molecule has 0 aliphatic heterocycles. The monoisotopic (exact) mass is 267 g/mol. The molecule has 0 fully saturated rings. The van der Waals surface area contributed by atoms with Crippen molar-refractivity contribution in [1.82, 2.24) is 0 Å².